The minimum Gasteiger partial charge on any atom is -0.421 e. The van der Waals surface area contributed by atoms with Crippen molar-refractivity contribution in [3.8, 4) is 0 Å². The quantitative estimate of drug-likeness (QED) is 0.394. The summed E-state index contributed by atoms with van der Waals surface area (Å²) >= 11 is 0. The minimum atomic E-state index is -1.31. The van der Waals surface area contributed by atoms with Crippen molar-refractivity contribution in [2.24, 2.45) is 0 Å². The van der Waals surface area contributed by atoms with Gasteiger partial charge in [0.25, 0.3) is 12.6 Å². The molecule has 8 heteroatoms. The van der Waals surface area contributed by atoms with Crippen LogP contribution in [-0.4, -0.2) is 36.5 Å². The highest BCUT2D eigenvalue weighted by atomic mass is 16.7. The maximum Gasteiger partial charge on any atom is 0.305 e. The molecule has 0 saturated carbocycles. The molecule has 0 aromatic heterocycles. The maximum atomic E-state index is 10.8. The highest BCUT2D eigenvalue weighted by Gasteiger charge is 2.15. The van der Waals surface area contributed by atoms with E-state index in [9.17, 15) is 19.2 Å². The molecular formula is C12H16O8. The van der Waals surface area contributed by atoms with E-state index in [1.54, 1.807) is 0 Å². The summed E-state index contributed by atoms with van der Waals surface area (Å²) < 4.78 is 18.7. The Kier molecular flexibility index (Phi) is 7.64. The molecule has 0 aliphatic rings. The Balaban J connectivity index is 4.80. The zero-order valence-corrected chi connectivity index (χ0v) is 11.6. The molecule has 0 radical (unpaired) electrons. The molecule has 0 amide bonds. The molecule has 0 bridgehead atoms. The lowest BCUT2D eigenvalue weighted by atomic mass is 10.4. The van der Waals surface area contributed by atoms with Gasteiger partial charge in [0.1, 0.15) is 0 Å². The van der Waals surface area contributed by atoms with Crippen LogP contribution in [0.4, 0.5) is 0 Å². The lowest BCUT2D eigenvalue weighted by molar-refractivity contribution is -0.181. The lowest BCUT2D eigenvalue weighted by Gasteiger charge is -2.15. The van der Waals surface area contributed by atoms with Crippen LogP contribution in [0.15, 0.2) is 12.2 Å². The van der Waals surface area contributed by atoms with Crippen molar-refractivity contribution in [2.75, 3.05) is 0 Å². The monoisotopic (exact) mass is 288 g/mol. The highest BCUT2D eigenvalue weighted by Crippen LogP contribution is 2.04. The first-order valence-electron chi connectivity index (χ1n) is 5.58. The Bertz CT molecular complexity index is 342. The molecule has 0 fully saturated rings. The summed E-state index contributed by atoms with van der Waals surface area (Å²) in [6.45, 7) is 4.50. The summed E-state index contributed by atoms with van der Waals surface area (Å²) in [4.78, 5) is 43.3. The standard InChI is InChI=1S/C12H16O8/c1-7(13)17-11(18-8(2)14)5-6-12(19-9(3)15)20-10(4)16/h5-6,11-12H,1-4H3/b6-5+. The fraction of sp³-hybridized carbons (Fsp3) is 0.500. The van der Waals surface area contributed by atoms with Crippen LogP contribution in [0.25, 0.3) is 0 Å². The van der Waals surface area contributed by atoms with Crippen molar-refractivity contribution in [3.05, 3.63) is 12.2 Å². The second kappa shape index (κ2) is 8.68. The van der Waals surface area contributed by atoms with Crippen LogP contribution in [0.2, 0.25) is 0 Å². The Morgan fingerprint density at radius 2 is 0.800 bits per heavy atom. The Morgan fingerprint density at radius 3 is 0.950 bits per heavy atom. The van der Waals surface area contributed by atoms with Crippen LogP contribution >= 0.6 is 0 Å². The zero-order chi connectivity index (χ0) is 15.7. The van der Waals surface area contributed by atoms with Crippen LogP contribution in [0, 0.1) is 0 Å². The molecule has 0 N–H and O–H groups in total. The van der Waals surface area contributed by atoms with Crippen LogP contribution < -0.4 is 0 Å². The molecule has 0 unspecified atom stereocenters. The fourth-order valence-corrected chi connectivity index (χ4v) is 1.04. The van der Waals surface area contributed by atoms with Gasteiger partial charge in [0.15, 0.2) is 0 Å². The first kappa shape index (κ1) is 17.6. The SMILES string of the molecule is CC(=O)OC(/C=C/C(OC(C)=O)OC(C)=O)OC(C)=O. The van der Waals surface area contributed by atoms with Gasteiger partial charge in [0.2, 0.25) is 0 Å². The van der Waals surface area contributed by atoms with Gasteiger partial charge in [-0.3, -0.25) is 19.2 Å². The summed E-state index contributed by atoms with van der Waals surface area (Å²) in [5, 5.41) is 0. The summed E-state index contributed by atoms with van der Waals surface area (Å²) in [7, 11) is 0. The van der Waals surface area contributed by atoms with E-state index in [1.165, 1.54) is 0 Å². The second-order valence-corrected chi connectivity index (χ2v) is 3.56. The Hall–Kier alpha value is -2.38. The average molecular weight is 288 g/mol. The van der Waals surface area contributed by atoms with Crippen LogP contribution in [-0.2, 0) is 38.1 Å². The van der Waals surface area contributed by atoms with Crippen molar-refractivity contribution >= 4 is 23.9 Å². The van der Waals surface area contributed by atoms with Gasteiger partial charge in [-0.2, -0.15) is 0 Å². The molecule has 0 aromatic rings. The van der Waals surface area contributed by atoms with E-state index in [1.807, 2.05) is 0 Å². The number of carbonyl (C=O) groups excluding carboxylic acids is 4. The van der Waals surface area contributed by atoms with Gasteiger partial charge in [-0.05, 0) is 12.2 Å². The smallest absolute Gasteiger partial charge is 0.305 e. The summed E-state index contributed by atoms with van der Waals surface area (Å²) in [6.07, 6.45) is -0.393. The second-order valence-electron chi connectivity index (χ2n) is 3.56. The van der Waals surface area contributed by atoms with E-state index in [2.05, 4.69) is 18.9 Å². The van der Waals surface area contributed by atoms with E-state index in [0.717, 1.165) is 39.8 Å². The fourth-order valence-electron chi connectivity index (χ4n) is 1.04. The van der Waals surface area contributed by atoms with E-state index >= 15 is 0 Å². The number of hydrogen-bond acceptors (Lipinski definition) is 8. The van der Waals surface area contributed by atoms with Gasteiger partial charge in [-0.25, -0.2) is 0 Å². The summed E-state index contributed by atoms with van der Waals surface area (Å²) in [5.41, 5.74) is 0. The topological polar surface area (TPSA) is 105 Å². The van der Waals surface area contributed by atoms with Crippen LogP contribution in [0.3, 0.4) is 0 Å². The number of esters is 4. The first-order valence-corrected chi connectivity index (χ1v) is 5.58. The minimum absolute atomic E-state index is 0.683. The highest BCUT2D eigenvalue weighted by molar-refractivity contribution is 5.69. The van der Waals surface area contributed by atoms with Gasteiger partial charge in [-0.1, -0.05) is 0 Å². The predicted molar refractivity (Wildman–Crippen MR) is 63.8 cm³/mol. The first-order chi connectivity index (χ1) is 9.20. The van der Waals surface area contributed by atoms with Crippen molar-refractivity contribution in [1.29, 1.82) is 0 Å². The Labute approximate surface area is 115 Å². The Morgan fingerprint density at radius 1 is 0.600 bits per heavy atom. The number of carbonyl (C=O) groups is 4. The number of hydrogen-bond donors (Lipinski definition) is 0. The molecule has 0 saturated heterocycles. The molecule has 0 aliphatic heterocycles. The summed E-state index contributed by atoms with van der Waals surface area (Å²) in [5.74, 6) is -2.73. The van der Waals surface area contributed by atoms with E-state index < -0.39 is 36.5 Å². The van der Waals surface area contributed by atoms with Crippen LogP contribution in [0.5, 0.6) is 0 Å². The number of ether oxygens (including phenoxy) is 4. The van der Waals surface area contributed by atoms with E-state index in [4.69, 9.17) is 0 Å². The van der Waals surface area contributed by atoms with E-state index in [0.29, 0.717) is 0 Å². The molecule has 0 aromatic carbocycles. The van der Waals surface area contributed by atoms with Gasteiger partial charge < -0.3 is 18.9 Å². The number of rotatable bonds is 6. The average Bonchev–Trinajstić information content (AvgIpc) is 2.22. The molecule has 0 aliphatic carbocycles. The normalized spacial score (nSPS) is 10.5. The predicted octanol–water partition coefficient (Wildman–Crippen LogP) is 0.447. The molecule has 0 spiro atoms. The van der Waals surface area contributed by atoms with Gasteiger partial charge in [-0.15, -0.1) is 0 Å². The third-order valence-electron chi connectivity index (χ3n) is 1.55. The third-order valence-corrected chi connectivity index (χ3v) is 1.55. The molecule has 112 valence electrons. The molecular weight excluding hydrogens is 272 g/mol. The lowest BCUT2D eigenvalue weighted by Crippen LogP contribution is -2.23. The van der Waals surface area contributed by atoms with E-state index in [-0.39, 0.29) is 0 Å². The zero-order valence-electron chi connectivity index (χ0n) is 11.6. The molecule has 8 nitrogen and oxygen atoms in total. The van der Waals surface area contributed by atoms with Crippen molar-refractivity contribution in [1.82, 2.24) is 0 Å². The maximum absolute atomic E-state index is 10.8. The molecule has 0 rings (SSSR count). The summed E-state index contributed by atoms with van der Waals surface area (Å²) in [6, 6.07) is 0. The molecule has 0 atom stereocenters. The third kappa shape index (κ3) is 9.63. The van der Waals surface area contributed by atoms with Crippen LogP contribution in [0.1, 0.15) is 27.7 Å². The molecule has 20 heavy (non-hydrogen) atoms. The van der Waals surface area contributed by atoms with Gasteiger partial charge in [0.05, 0.1) is 0 Å². The largest absolute Gasteiger partial charge is 0.421 e. The van der Waals surface area contributed by atoms with Gasteiger partial charge in [0, 0.05) is 27.7 Å². The van der Waals surface area contributed by atoms with Gasteiger partial charge >= 0.3 is 23.9 Å². The van der Waals surface area contributed by atoms with Crippen molar-refractivity contribution < 1.29 is 38.1 Å². The van der Waals surface area contributed by atoms with Crippen molar-refractivity contribution in [3.63, 3.8) is 0 Å². The molecule has 0 heterocycles. The van der Waals surface area contributed by atoms with Crippen molar-refractivity contribution in [2.45, 2.75) is 40.3 Å².